The van der Waals surface area contributed by atoms with Crippen molar-refractivity contribution in [3.05, 3.63) is 0 Å². The van der Waals surface area contributed by atoms with Crippen LogP contribution in [0.15, 0.2) is 4.36 Å². The Morgan fingerprint density at radius 1 is 1.29 bits per heavy atom. The fourth-order valence-corrected chi connectivity index (χ4v) is 3.23. The zero-order valence-electron chi connectivity index (χ0n) is 9.94. The Morgan fingerprint density at radius 3 is 2.53 bits per heavy atom. The van der Waals surface area contributed by atoms with E-state index in [1.807, 2.05) is 0 Å². The van der Waals surface area contributed by atoms with Gasteiger partial charge in [0.1, 0.15) is 0 Å². The fraction of sp³-hybridized carbons (Fsp3) is 0.800. The van der Waals surface area contributed by atoms with Crippen LogP contribution in [-0.4, -0.2) is 47.3 Å². The summed E-state index contributed by atoms with van der Waals surface area (Å²) in [5.41, 5.74) is 0. The molecule has 17 heavy (non-hydrogen) atoms. The summed E-state index contributed by atoms with van der Waals surface area (Å²) in [6.07, 6.45) is -0.0206. The van der Waals surface area contributed by atoms with E-state index >= 15 is 0 Å². The molecule has 0 radical (unpaired) electrons. The number of ether oxygens (including phenoxy) is 1. The summed E-state index contributed by atoms with van der Waals surface area (Å²) in [7, 11) is -2.39. The van der Waals surface area contributed by atoms with Gasteiger partial charge in [-0.2, -0.15) is 4.36 Å². The van der Waals surface area contributed by atoms with Crippen molar-refractivity contribution in [2.45, 2.75) is 19.8 Å². The molecule has 0 unspecified atom stereocenters. The predicted molar refractivity (Wildman–Crippen MR) is 64.0 cm³/mol. The van der Waals surface area contributed by atoms with Crippen molar-refractivity contribution in [3.63, 3.8) is 0 Å². The van der Waals surface area contributed by atoms with Crippen LogP contribution >= 0.6 is 0 Å². The van der Waals surface area contributed by atoms with Crippen LogP contribution in [0.5, 0.6) is 0 Å². The van der Waals surface area contributed by atoms with E-state index < -0.39 is 21.6 Å². The van der Waals surface area contributed by atoms with Crippen LogP contribution in [0.1, 0.15) is 19.8 Å². The molecule has 0 aromatic heterocycles. The molecule has 1 aliphatic heterocycles. The van der Waals surface area contributed by atoms with Crippen molar-refractivity contribution < 1.29 is 18.5 Å². The Balaban J connectivity index is 2.45. The highest BCUT2D eigenvalue weighted by atomic mass is 32.2. The standard InChI is InChI=1S/C10H18N2O4S/c1-2-16-10(14)4-3-9(13)12-17(15)7-5-11-6-8-17/h11H,2-8H2,1H3. The lowest BCUT2D eigenvalue weighted by molar-refractivity contribution is -0.144. The molecule has 0 aliphatic carbocycles. The van der Waals surface area contributed by atoms with Crippen LogP contribution in [0.2, 0.25) is 0 Å². The molecule has 1 N–H and O–H groups in total. The number of nitrogens with one attached hydrogen (secondary N) is 1. The summed E-state index contributed by atoms with van der Waals surface area (Å²) in [6, 6.07) is 0. The van der Waals surface area contributed by atoms with E-state index in [2.05, 4.69) is 9.68 Å². The molecule has 1 rings (SSSR count). The molecule has 1 fully saturated rings. The smallest absolute Gasteiger partial charge is 0.306 e. The number of rotatable bonds is 4. The van der Waals surface area contributed by atoms with Crippen molar-refractivity contribution in [1.82, 2.24) is 5.32 Å². The third-order valence-corrected chi connectivity index (χ3v) is 4.53. The molecule has 0 bridgehead atoms. The average molecular weight is 262 g/mol. The summed E-state index contributed by atoms with van der Waals surface area (Å²) >= 11 is 0. The minimum Gasteiger partial charge on any atom is -0.466 e. The number of esters is 1. The van der Waals surface area contributed by atoms with Gasteiger partial charge >= 0.3 is 5.97 Å². The van der Waals surface area contributed by atoms with Crippen LogP contribution in [0.3, 0.4) is 0 Å². The molecule has 7 heteroatoms. The number of nitrogens with zero attached hydrogens (tertiary/aromatic N) is 1. The molecular formula is C10H18N2O4S. The lowest BCUT2D eigenvalue weighted by Gasteiger charge is -2.15. The number of hydrogen-bond acceptors (Lipinski definition) is 5. The zero-order valence-corrected chi connectivity index (χ0v) is 10.8. The van der Waals surface area contributed by atoms with E-state index in [1.165, 1.54) is 0 Å². The van der Waals surface area contributed by atoms with E-state index in [1.54, 1.807) is 6.92 Å². The molecule has 6 nitrogen and oxygen atoms in total. The molecule has 0 aromatic carbocycles. The lowest BCUT2D eigenvalue weighted by atomic mass is 10.3. The van der Waals surface area contributed by atoms with Crippen molar-refractivity contribution >= 4 is 21.6 Å². The normalized spacial score (nSPS) is 18.4. The van der Waals surface area contributed by atoms with Crippen molar-refractivity contribution in [2.24, 2.45) is 4.36 Å². The first kappa shape index (κ1) is 14.1. The van der Waals surface area contributed by atoms with Gasteiger partial charge in [0.15, 0.2) is 0 Å². The summed E-state index contributed by atoms with van der Waals surface area (Å²) in [6.45, 7) is 3.24. The zero-order chi connectivity index (χ0) is 12.7. The summed E-state index contributed by atoms with van der Waals surface area (Å²) in [4.78, 5) is 22.5. The van der Waals surface area contributed by atoms with E-state index in [-0.39, 0.29) is 12.8 Å². The van der Waals surface area contributed by atoms with Gasteiger partial charge < -0.3 is 10.1 Å². The van der Waals surface area contributed by atoms with Gasteiger partial charge in [0.25, 0.3) is 5.91 Å². The number of carbonyl (C=O) groups excluding carboxylic acids is 2. The SMILES string of the molecule is CCOC(=O)CCC(=O)N=S1(=O)CCNCC1. The molecular weight excluding hydrogens is 244 g/mol. The van der Waals surface area contributed by atoms with Crippen LogP contribution < -0.4 is 5.32 Å². The van der Waals surface area contributed by atoms with Crippen LogP contribution in [0.4, 0.5) is 0 Å². The summed E-state index contributed by atoms with van der Waals surface area (Å²) < 4.78 is 20.5. The monoisotopic (exact) mass is 262 g/mol. The van der Waals surface area contributed by atoms with Crippen LogP contribution in [-0.2, 0) is 24.1 Å². The molecule has 0 aromatic rings. The largest absolute Gasteiger partial charge is 0.466 e. The van der Waals surface area contributed by atoms with Gasteiger partial charge in [0.2, 0.25) is 0 Å². The Morgan fingerprint density at radius 2 is 1.94 bits per heavy atom. The van der Waals surface area contributed by atoms with E-state index in [9.17, 15) is 13.8 Å². The Bertz CT molecular complexity index is 387. The highest BCUT2D eigenvalue weighted by Gasteiger charge is 2.16. The Kier molecular flexibility index (Phi) is 5.57. The minimum atomic E-state index is -2.39. The van der Waals surface area contributed by atoms with Crippen LogP contribution in [0.25, 0.3) is 0 Å². The predicted octanol–water partition coefficient (Wildman–Crippen LogP) is -0.0725. The summed E-state index contributed by atoms with van der Waals surface area (Å²) in [5.74, 6) is -0.0858. The van der Waals surface area contributed by atoms with E-state index in [0.29, 0.717) is 31.2 Å². The quantitative estimate of drug-likeness (QED) is 0.717. The van der Waals surface area contributed by atoms with Gasteiger partial charge in [-0.3, -0.25) is 9.59 Å². The van der Waals surface area contributed by atoms with Crippen molar-refractivity contribution in [1.29, 1.82) is 0 Å². The Hall–Kier alpha value is -0.950. The number of carbonyl (C=O) groups is 2. The first-order chi connectivity index (χ1) is 8.06. The van der Waals surface area contributed by atoms with Crippen molar-refractivity contribution in [2.75, 3.05) is 31.2 Å². The maximum Gasteiger partial charge on any atom is 0.306 e. The van der Waals surface area contributed by atoms with E-state index in [0.717, 1.165) is 0 Å². The molecule has 0 saturated carbocycles. The van der Waals surface area contributed by atoms with Gasteiger partial charge in [0, 0.05) is 31.0 Å². The average Bonchev–Trinajstić information content (AvgIpc) is 2.27. The second-order valence-corrected chi connectivity index (χ2v) is 6.27. The van der Waals surface area contributed by atoms with Gasteiger partial charge in [-0.15, -0.1) is 0 Å². The molecule has 0 atom stereocenters. The number of amides is 1. The molecule has 1 heterocycles. The van der Waals surface area contributed by atoms with Gasteiger partial charge in [-0.05, 0) is 6.92 Å². The molecule has 1 aliphatic rings. The first-order valence-electron chi connectivity index (χ1n) is 5.67. The topological polar surface area (TPSA) is 84.8 Å². The second-order valence-electron chi connectivity index (χ2n) is 3.72. The molecule has 98 valence electrons. The lowest BCUT2D eigenvalue weighted by Crippen LogP contribution is -2.36. The van der Waals surface area contributed by atoms with E-state index in [4.69, 9.17) is 4.74 Å². The van der Waals surface area contributed by atoms with Gasteiger partial charge in [0.05, 0.1) is 22.8 Å². The maximum absolute atomic E-state index is 12.0. The fourth-order valence-electron chi connectivity index (χ4n) is 1.45. The highest BCUT2D eigenvalue weighted by Crippen LogP contribution is 2.04. The molecule has 0 spiro atoms. The summed E-state index contributed by atoms with van der Waals surface area (Å²) in [5, 5.41) is 3.06. The Labute approximate surface area is 101 Å². The van der Waals surface area contributed by atoms with Crippen LogP contribution in [0, 0.1) is 0 Å². The third-order valence-electron chi connectivity index (χ3n) is 2.31. The molecule has 1 saturated heterocycles. The molecule has 1 amide bonds. The van der Waals surface area contributed by atoms with Gasteiger partial charge in [-0.25, -0.2) is 4.21 Å². The third kappa shape index (κ3) is 5.27. The van der Waals surface area contributed by atoms with Crippen molar-refractivity contribution in [3.8, 4) is 0 Å². The number of hydrogen-bond donors (Lipinski definition) is 1. The minimum absolute atomic E-state index is 0.00391. The highest BCUT2D eigenvalue weighted by molar-refractivity contribution is 7.94. The maximum atomic E-state index is 12.0. The second kappa shape index (κ2) is 6.70. The van der Waals surface area contributed by atoms with Gasteiger partial charge in [-0.1, -0.05) is 0 Å². The first-order valence-corrected chi connectivity index (χ1v) is 7.53.